The molecule has 0 aliphatic carbocycles. The molecule has 0 spiro atoms. The molecule has 2 aromatic rings. The van der Waals surface area contributed by atoms with Gasteiger partial charge in [-0.2, -0.15) is 5.10 Å². The minimum atomic E-state index is -3.34. The summed E-state index contributed by atoms with van der Waals surface area (Å²) in [5, 5.41) is 4.20. The van der Waals surface area contributed by atoms with Crippen molar-refractivity contribution in [2.75, 3.05) is 37.0 Å². The third-order valence-electron chi connectivity index (χ3n) is 4.84. The Morgan fingerprint density at radius 3 is 2.83 bits per heavy atom. The first-order valence-corrected chi connectivity index (χ1v) is 12.1. The number of morpholine rings is 1. The van der Waals surface area contributed by atoms with Gasteiger partial charge >= 0.3 is 0 Å². The Hall–Kier alpha value is -2.61. The predicted molar refractivity (Wildman–Crippen MR) is 118 cm³/mol. The third-order valence-corrected chi connectivity index (χ3v) is 8.44. The summed E-state index contributed by atoms with van der Waals surface area (Å²) in [5.74, 6) is 12.5. The predicted octanol–water partition coefficient (Wildman–Crippen LogP) is 1.49. The average molecular weight is 444 g/mol. The van der Waals surface area contributed by atoms with Gasteiger partial charge in [-0.25, -0.2) is 18.4 Å². The molecule has 1 aromatic heterocycles. The van der Waals surface area contributed by atoms with Gasteiger partial charge in [-0.1, -0.05) is 54.8 Å². The van der Waals surface area contributed by atoms with Crippen LogP contribution in [0.2, 0.25) is 0 Å². The highest BCUT2D eigenvalue weighted by Gasteiger charge is 2.31. The van der Waals surface area contributed by atoms with Gasteiger partial charge < -0.3 is 15.5 Å². The lowest BCUT2D eigenvalue weighted by atomic mass is 10.1. The van der Waals surface area contributed by atoms with Crippen LogP contribution in [0.25, 0.3) is 11.4 Å². The van der Waals surface area contributed by atoms with Crippen molar-refractivity contribution < 1.29 is 13.2 Å². The maximum atomic E-state index is 12.4. The van der Waals surface area contributed by atoms with Gasteiger partial charge in [0, 0.05) is 30.0 Å². The van der Waals surface area contributed by atoms with Crippen molar-refractivity contribution in [2.24, 2.45) is 10.9 Å². The fourth-order valence-corrected chi connectivity index (χ4v) is 5.75. The van der Waals surface area contributed by atoms with Crippen molar-refractivity contribution in [1.29, 1.82) is 0 Å². The molecular weight excluding hydrogens is 422 g/mol. The van der Waals surface area contributed by atoms with E-state index in [0.29, 0.717) is 48.5 Å². The van der Waals surface area contributed by atoms with Gasteiger partial charge in [0.1, 0.15) is 10.8 Å². The SMILES string of the molecule is CCS(=O)(=O)C1C#Cc2c(nc(-c3ccccc3/C=N\N)nc2N2CCOCC2)S1. The molecule has 0 saturated carbocycles. The van der Waals surface area contributed by atoms with Crippen molar-refractivity contribution >= 4 is 33.6 Å². The molecule has 2 N–H and O–H groups in total. The molecule has 0 radical (unpaired) electrons. The van der Waals surface area contributed by atoms with Crippen LogP contribution < -0.4 is 10.7 Å². The van der Waals surface area contributed by atoms with Gasteiger partial charge in [0.2, 0.25) is 0 Å². The van der Waals surface area contributed by atoms with Gasteiger partial charge in [0.05, 0.1) is 25.0 Å². The number of aromatic nitrogens is 2. The van der Waals surface area contributed by atoms with Crippen molar-refractivity contribution in [3.05, 3.63) is 35.4 Å². The van der Waals surface area contributed by atoms with Gasteiger partial charge in [-0.3, -0.25) is 0 Å². The van der Waals surface area contributed by atoms with E-state index in [0.717, 1.165) is 11.1 Å². The topological polar surface area (TPSA) is 111 Å². The van der Waals surface area contributed by atoms with Crippen LogP contribution in [0.3, 0.4) is 0 Å². The number of anilines is 1. The zero-order valence-corrected chi connectivity index (χ0v) is 18.0. The summed E-state index contributed by atoms with van der Waals surface area (Å²) < 4.78 is 29.5. The van der Waals surface area contributed by atoms with E-state index < -0.39 is 14.4 Å². The first-order chi connectivity index (χ1) is 14.5. The number of rotatable bonds is 5. The number of sulfone groups is 1. The van der Waals surface area contributed by atoms with Crippen LogP contribution in [0.5, 0.6) is 0 Å². The lowest BCUT2D eigenvalue weighted by Crippen LogP contribution is -2.37. The quantitative estimate of drug-likeness (QED) is 0.243. The molecule has 4 rings (SSSR count). The smallest absolute Gasteiger partial charge is 0.173 e. The Labute approximate surface area is 179 Å². The molecule has 1 aromatic carbocycles. The number of ether oxygens (including phenoxy) is 1. The first-order valence-electron chi connectivity index (χ1n) is 9.50. The molecule has 1 atom stereocenters. The van der Waals surface area contributed by atoms with Gasteiger partial charge in [-0.05, 0) is 0 Å². The summed E-state index contributed by atoms with van der Waals surface area (Å²) in [6, 6.07) is 7.53. The monoisotopic (exact) mass is 443 g/mol. The zero-order chi connectivity index (χ0) is 21.1. The lowest BCUT2D eigenvalue weighted by Gasteiger charge is -2.30. The van der Waals surface area contributed by atoms with E-state index >= 15 is 0 Å². The van der Waals surface area contributed by atoms with Gasteiger partial charge in [-0.15, -0.1) is 0 Å². The van der Waals surface area contributed by atoms with Crippen LogP contribution in [0.15, 0.2) is 34.4 Å². The van der Waals surface area contributed by atoms with Gasteiger partial charge in [0.15, 0.2) is 20.2 Å². The highest BCUT2D eigenvalue weighted by Crippen LogP contribution is 2.37. The van der Waals surface area contributed by atoms with Crippen LogP contribution in [0.1, 0.15) is 18.1 Å². The molecule has 1 unspecified atom stereocenters. The second-order valence-corrected chi connectivity index (χ2v) is 10.5. The summed E-state index contributed by atoms with van der Waals surface area (Å²) in [7, 11) is -3.34. The summed E-state index contributed by atoms with van der Waals surface area (Å²) >= 11 is 1.17. The second-order valence-electron chi connectivity index (χ2n) is 6.69. The first kappa shape index (κ1) is 20.7. The molecule has 1 saturated heterocycles. The second kappa shape index (κ2) is 8.63. The number of hydrogen-bond donors (Lipinski definition) is 1. The Morgan fingerprint density at radius 2 is 2.10 bits per heavy atom. The lowest BCUT2D eigenvalue weighted by molar-refractivity contribution is 0.122. The van der Waals surface area contributed by atoms with Crippen LogP contribution in [0, 0.1) is 11.8 Å². The minimum absolute atomic E-state index is 0.0265. The van der Waals surface area contributed by atoms with E-state index in [1.165, 1.54) is 11.8 Å². The van der Waals surface area contributed by atoms with Crippen molar-refractivity contribution in [1.82, 2.24) is 9.97 Å². The molecule has 10 heteroatoms. The van der Waals surface area contributed by atoms with E-state index in [-0.39, 0.29) is 5.75 Å². The number of hydrogen-bond acceptors (Lipinski definition) is 9. The van der Waals surface area contributed by atoms with Crippen molar-refractivity contribution in [3.8, 4) is 23.2 Å². The molecule has 2 aliphatic rings. The zero-order valence-electron chi connectivity index (χ0n) is 16.4. The summed E-state index contributed by atoms with van der Waals surface area (Å²) in [5.41, 5.74) is 2.20. The fourth-order valence-electron chi connectivity index (χ4n) is 3.22. The molecule has 156 valence electrons. The summed E-state index contributed by atoms with van der Waals surface area (Å²) in [6.45, 7) is 4.17. The van der Waals surface area contributed by atoms with Gasteiger partial charge in [0.25, 0.3) is 0 Å². The van der Waals surface area contributed by atoms with Crippen LogP contribution in [-0.2, 0) is 14.6 Å². The minimum Gasteiger partial charge on any atom is -0.378 e. The van der Waals surface area contributed by atoms with Crippen LogP contribution in [0.4, 0.5) is 5.82 Å². The van der Waals surface area contributed by atoms with E-state index in [1.807, 2.05) is 24.3 Å². The van der Waals surface area contributed by atoms with Crippen molar-refractivity contribution in [2.45, 2.75) is 16.5 Å². The molecule has 8 nitrogen and oxygen atoms in total. The fraction of sp³-hybridized carbons (Fsp3) is 0.350. The highest BCUT2D eigenvalue weighted by atomic mass is 32.3. The Bertz CT molecular complexity index is 1150. The number of fused-ring (bicyclic) bond motifs is 1. The molecule has 2 aliphatic heterocycles. The normalized spacial score (nSPS) is 18.7. The van der Waals surface area contributed by atoms with E-state index in [9.17, 15) is 8.42 Å². The average Bonchev–Trinajstić information content (AvgIpc) is 2.79. The van der Waals surface area contributed by atoms with Crippen LogP contribution in [-0.4, -0.2) is 61.2 Å². The van der Waals surface area contributed by atoms with Crippen LogP contribution >= 0.6 is 11.8 Å². The molecule has 1 fully saturated rings. The third kappa shape index (κ3) is 4.01. The van der Waals surface area contributed by atoms with E-state index in [1.54, 1.807) is 13.1 Å². The Morgan fingerprint density at radius 1 is 1.33 bits per heavy atom. The number of hydrazone groups is 1. The maximum Gasteiger partial charge on any atom is 0.173 e. The number of nitrogens with zero attached hydrogens (tertiary/aromatic N) is 4. The summed E-state index contributed by atoms with van der Waals surface area (Å²) in [4.78, 5) is 11.6. The van der Waals surface area contributed by atoms with E-state index in [2.05, 4.69) is 21.8 Å². The maximum absolute atomic E-state index is 12.4. The highest BCUT2D eigenvalue weighted by molar-refractivity contribution is 8.13. The molecule has 0 amide bonds. The number of nitrogens with two attached hydrogens (primary N) is 1. The Balaban J connectivity index is 1.87. The molecular formula is C20H21N5O3S2. The van der Waals surface area contributed by atoms with E-state index in [4.69, 9.17) is 20.5 Å². The Kier molecular flexibility index (Phi) is 5.94. The number of thioether (sulfide) groups is 1. The van der Waals surface area contributed by atoms with Crippen molar-refractivity contribution in [3.63, 3.8) is 0 Å². The largest absolute Gasteiger partial charge is 0.378 e. The molecule has 3 heterocycles. The molecule has 0 bridgehead atoms. The standard InChI is InChI=1S/C20H21N5O3S2/c1-2-30(26,27)17-8-7-16-19(25-9-11-28-12-10-25)23-18(24-20(16)29-17)15-6-4-3-5-14(15)13-22-21/h3-6,13,17H,2,9-12,21H2,1H3/b22-13-. The summed E-state index contributed by atoms with van der Waals surface area (Å²) in [6.07, 6.45) is 1.55. The molecule has 30 heavy (non-hydrogen) atoms. The number of benzene rings is 1.